The van der Waals surface area contributed by atoms with E-state index >= 15 is 0 Å². The summed E-state index contributed by atoms with van der Waals surface area (Å²) in [6.07, 6.45) is 9.96. The van der Waals surface area contributed by atoms with E-state index in [4.69, 9.17) is 5.10 Å². The molecule has 202 valence electrons. The lowest BCUT2D eigenvalue weighted by atomic mass is 9.95. The molecule has 1 aliphatic rings. The first-order valence-electron chi connectivity index (χ1n) is 12.4. The number of benzene rings is 1. The second-order valence-corrected chi connectivity index (χ2v) is 10.9. The lowest BCUT2D eigenvalue weighted by Gasteiger charge is -2.29. The van der Waals surface area contributed by atoms with Gasteiger partial charge in [-0.1, -0.05) is 17.7 Å². The van der Waals surface area contributed by atoms with Gasteiger partial charge in [-0.3, -0.25) is 9.48 Å². The monoisotopic (exact) mass is 547 g/mol. The zero-order chi connectivity index (χ0) is 26.2. The lowest BCUT2D eigenvalue weighted by Crippen LogP contribution is -2.34. The summed E-state index contributed by atoms with van der Waals surface area (Å²) in [6, 6.07) is 11.7. The summed E-state index contributed by atoms with van der Waals surface area (Å²) in [5.74, 6) is 0.448. The summed E-state index contributed by atoms with van der Waals surface area (Å²) < 4.78 is 19.9. The Hall–Kier alpha value is -4.20. The Morgan fingerprint density at radius 2 is 1.87 bits per heavy atom. The first-order chi connectivity index (χ1) is 18.5. The minimum absolute atomic E-state index is 0. The van der Waals surface area contributed by atoms with Crippen LogP contribution in [0.4, 0.5) is 5.82 Å². The molecule has 1 fully saturated rings. The van der Waals surface area contributed by atoms with Gasteiger partial charge in [0.1, 0.15) is 22.4 Å². The van der Waals surface area contributed by atoms with Crippen molar-refractivity contribution in [2.45, 2.75) is 30.6 Å². The molecule has 13 heteroatoms. The van der Waals surface area contributed by atoms with E-state index in [2.05, 4.69) is 20.5 Å². The zero-order valence-electron chi connectivity index (χ0n) is 21.6. The Morgan fingerprint density at radius 1 is 1.10 bits per heavy atom. The third kappa shape index (κ3) is 5.24. The molecule has 1 amide bonds. The highest BCUT2D eigenvalue weighted by Crippen LogP contribution is 2.31. The van der Waals surface area contributed by atoms with Gasteiger partial charge in [-0.25, -0.2) is 22.7 Å². The molecule has 39 heavy (non-hydrogen) atoms. The summed E-state index contributed by atoms with van der Waals surface area (Å²) >= 11 is 0. The standard InChI is InChI=1S/C26H27N9O2S.H2O/c1-18-4-6-20(7-5-18)35-24(30-26(36)22-16-29-34-11-3-10-27-25(22)34)14-23(31-35)19-8-12-33(13-9-19)38(37)21-15-28-32(2)17-21;/h3-7,10-11,14-17,19H,8-9,12-13H2,1-2H3,(H,30,36);1H2. The molecule has 1 aliphatic heterocycles. The van der Waals surface area contributed by atoms with Gasteiger partial charge < -0.3 is 10.8 Å². The second-order valence-electron chi connectivity index (χ2n) is 9.40. The van der Waals surface area contributed by atoms with Crippen molar-refractivity contribution in [1.29, 1.82) is 0 Å². The molecule has 4 aromatic heterocycles. The molecular formula is C26H29N9O3S. The number of hydrogen-bond donors (Lipinski definition) is 1. The fourth-order valence-electron chi connectivity index (χ4n) is 4.70. The van der Waals surface area contributed by atoms with Crippen LogP contribution in [0.25, 0.3) is 11.3 Å². The Kier molecular flexibility index (Phi) is 7.37. The van der Waals surface area contributed by atoms with Gasteiger partial charge >= 0.3 is 0 Å². The molecule has 1 aromatic carbocycles. The number of nitrogens with one attached hydrogen (secondary N) is 1. The van der Waals surface area contributed by atoms with E-state index in [-0.39, 0.29) is 17.3 Å². The normalized spacial score (nSPS) is 15.2. The molecule has 0 bridgehead atoms. The van der Waals surface area contributed by atoms with Gasteiger partial charge in [0.2, 0.25) is 0 Å². The van der Waals surface area contributed by atoms with Crippen LogP contribution in [0.3, 0.4) is 0 Å². The molecule has 12 nitrogen and oxygen atoms in total. The third-order valence-corrected chi connectivity index (χ3v) is 8.21. The zero-order valence-corrected chi connectivity index (χ0v) is 22.4. The van der Waals surface area contributed by atoms with Gasteiger partial charge in [-0.05, 0) is 38.0 Å². The Morgan fingerprint density at radius 3 is 2.59 bits per heavy atom. The SMILES string of the molecule is Cc1ccc(-n2nc(C3CCN(S(=O)c4cnn(C)c4)CC3)cc2NC(=O)c2cnn3cccnc23)cc1.O. The molecule has 5 heterocycles. The number of rotatable bonds is 6. The highest BCUT2D eigenvalue weighted by molar-refractivity contribution is 7.82. The van der Waals surface area contributed by atoms with Crippen molar-refractivity contribution >= 4 is 28.4 Å². The highest BCUT2D eigenvalue weighted by Gasteiger charge is 2.28. The molecule has 1 unspecified atom stereocenters. The third-order valence-electron chi connectivity index (χ3n) is 6.76. The van der Waals surface area contributed by atoms with E-state index in [0.29, 0.717) is 35.0 Å². The minimum atomic E-state index is -1.23. The van der Waals surface area contributed by atoms with Crippen molar-refractivity contribution in [1.82, 2.24) is 38.5 Å². The van der Waals surface area contributed by atoms with Crippen molar-refractivity contribution in [3.8, 4) is 5.69 Å². The van der Waals surface area contributed by atoms with Crippen molar-refractivity contribution in [2.75, 3.05) is 18.4 Å². The molecule has 6 rings (SSSR count). The van der Waals surface area contributed by atoms with Crippen LogP contribution in [-0.2, 0) is 18.0 Å². The predicted molar refractivity (Wildman–Crippen MR) is 146 cm³/mol. The summed E-state index contributed by atoms with van der Waals surface area (Å²) in [5, 5.41) is 16.3. The van der Waals surface area contributed by atoms with E-state index in [9.17, 15) is 9.00 Å². The van der Waals surface area contributed by atoms with Gasteiger partial charge in [0.05, 0.1) is 28.7 Å². The summed E-state index contributed by atoms with van der Waals surface area (Å²) in [7, 11) is 0.585. The van der Waals surface area contributed by atoms with Crippen molar-refractivity contribution in [3.05, 3.63) is 84.2 Å². The number of fused-ring (bicyclic) bond motifs is 1. The molecule has 5 aromatic rings. The molecule has 1 saturated heterocycles. The molecule has 0 aliphatic carbocycles. The van der Waals surface area contributed by atoms with E-state index in [0.717, 1.165) is 29.8 Å². The van der Waals surface area contributed by atoms with Crippen LogP contribution in [0.1, 0.15) is 40.4 Å². The molecular weight excluding hydrogens is 518 g/mol. The molecule has 1 atom stereocenters. The van der Waals surface area contributed by atoms with Crippen LogP contribution >= 0.6 is 0 Å². The van der Waals surface area contributed by atoms with Crippen LogP contribution in [0, 0.1) is 6.92 Å². The summed E-state index contributed by atoms with van der Waals surface area (Å²) in [6.45, 7) is 3.39. The number of carbonyl (C=O) groups excluding carboxylic acids is 1. The van der Waals surface area contributed by atoms with Crippen molar-refractivity contribution < 1.29 is 14.5 Å². The lowest BCUT2D eigenvalue weighted by molar-refractivity contribution is 0.102. The van der Waals surface area contributed by atoms with Gasteiger partial charge in [0.15, 0.2) is 5.65 Å². The average Bonchev–Trinajstić information content (AvgIpc) is 3.67. The van der Waals surface area contributed by atoms with Crippen LogP contribution in [0.2, 0.25) is 0 Å². The summed E-state index contributed by atoms with van der Waals surface area (Å²) in [5.41, 5.74) is 3.75. The first-order valence-corrected chi connectivity index (χ1v) is 13.5. The van der Waals surface area contributed by atoms with E-state index < -0.39 is 11.0 Å². The maximum atomic E-state index is 13.3. The Labute approximate surface area is 227 Å². The average molecular weight is 548 g/mol. The number of piperidine rings is 1. The van der Waals surface area contributed by atoms with Crippen LogP contribution < -0.4 is 5.32 Å². The van der Waals surface area contributed by atoms with Crippen molar-refractivity contribution in [2.24, 2.45) is 7.05 Å². The van der Waals surface area contributed by atoms with Crippen LogP contribution in [0.5, 0.6) is 0 Å². The first kappa shape index (κ1) is 26.4. The number of hydrogen-bond acceptors (Lipinski definition) is 6. The topological polar surface area (TPSA) is 147 Å². The molecule has 0 saturated carbocycles. The highest BCUT2D eigenvalue weighted by atomic mass is 32.2. The minimum Gasteiger partial charge on any atom is -0.412 e. The maximum Gasteiger partial charge on any atom is 0.262 e. The summed E-state index contributed by atoms with van der Waals surface area (Å²) in [4.78, 5) is 18.3. The predicted octanol–water partition coefficient (Wildman–Crippen LogP) is 2.29. The molecule has 0 spiro atoms. The van der Waals surface area contributed by atoms with Gasteiger partial charge in [-0.2, -0.15) is 15.3 Å². The molecule has 3 N–H and O–H groups in total. The molecule has 0 radical (unpaired) electrons. The largest absolute Gasteiger partial charge is 0.412 e. The van der Waals surface area contributed by atoms with E-state index in [1.54, 1.807) is 44.7 Å². The van der Waals surface area contributed by atoms with E-state index in [1.165, 1.54) is 6.20 Å². The number of nitrogens with zero attached hydrogens (tertiary/aromatic N) is 8. The van der Waals surface area contributed by atoms with Crippen LogP contribution in [0.15, 0.2) is 72.3 Å². The van der Waals surface area contributed by atoms with Gasteiger partial charge in [0, 0.05) is 50.7 Å². The second kappa shape index (κ2) is 10.9. The Balaban J connectivity index is 0.00000308. The van der Waals surface area contributed by atoms with Gasteiger partial charge in [-0.15, -0.1) is 0 Å². The smallest absolute Gasteiger partial charge is 0.262 e. The number of aryl methyl sites for hydroxylation is 2. The fourth-order valence-corrected chi connectivity index (χ4v) is 5.92. The van der Waals surface area contributed by atoms with Crippen LogP contribution in [-0.4, -0.2) is 67.1 Å². The maximum absolute atomic E-state index is 13.3. The van der Waals surface area contributed by atoms with E-state index in [1.807, 2.05) is 48.6 Å². The number of anilines is 1. The number of amides is 1. The Bertz CT molecular complexity index is 1630. The van der Waals surface area contributed by atoms with Crippen molar-refractivity contribution in [3.63, 3.8) is 0 Å². The number of carbonyl (C=O) groups is 1. The fraction of sp³-hybridized carbons (Fsp3) is 0.269. The quantitative estimate of drug-likeness (QED) is 0.345. The number of aromatic nitrogens is 7. The van der Waals surface area contributed by atoms with Gasteiger partial charge in [0.25, 0.3) is 5.91 Å².